The number of carbonyl (C=O) groups is 2. The van der Waals surface area contributed by atoms with Gasteiger partial charge in [0.25, 0.3) is 5.91 Å². The normalized spacial score (nSPS) is 18.1. The van der Waals surface area contributed by atoms with Gasteiger partial charge in [-0.05, 0) is 30.3 Å². The quantitative estimate of drug-likeness (QED) is 0.886. The first-order chi connectivity index (χ1) is 10.1. The molecule has 2 aromatic carbocycles. The number of hydrogen-bond donors (Lipinski definition) is 1. The van der Waals surface area contributed by atoms with Gasteiger partial charge in [0, 0.05) is 10.7 Å². The van der Waals surface area contributed by atoms with Crippen molar-refractivity contribution in [3.63, 3.8) is 0 Å². The summed E-state index contributed by atoms with van der Waals surface area (Å²) in [5, 5.41) is 3.65. The molecule has 1 atom stereocenters. The molecular formula is C16H13ClN2O2. The Morgan fingerprint density at radius 3 is 2.52 bits per heavy atom. The Morgan fingerprint density at radius 2 is 1.81 bits per heavy atom. The average molecular weight is 301 g/mol. The molecule has 2 amide bonds. The van der Waals surface area contributed by atoms with Gasteiger partial charge in [-0.25, -0.2) is 4.90 Å². The Balaban J connectivity index is 1.81. The second-order valence-electron chi connectivity index (χ2n) is 4.81. The Labute approximate surface area is 127 Å². The molecule has 0 bridgehead atoms. The lowest BCUT2D eigenvalue weighted by molar-refractivity contribution is -0.121. The van der Waals surface area contributed by atoms with Crippen LogP contribution in [0.25, 0.3) is 0 Å². The van der Waals surface area contributed by atoms with Crippen molar-refractivity contribution in [1.82, 2.24) is 0 Å². The zero-order valence-corrected chi connectivity index (χ0v) is 11.9. The molecule has 106 valence electrons. The summed E-state index contributed by atoms with van der Waals surface area (Å²) in [5.74, 6) is -0.447. The van der Waals surface area contributed by atoms with Crippen LogP contribution >= 0.6 is 11.6 Å². The molecule has 0 radical (unpaired) electrons. The summed E-state index contributed by atoms with van der Waals surface area (Å²) >= 11 is 5.92. The van der Waals surface area contributed by atoms with Gasteiger partial charge in [0.05, 0.1) is 12.1 Å². The van der Waals surface area contributed by atoms with E-state index >= 15 is 0 Å². The van der Waals surface area contributed by atoms with E-state index in [4.69, 9.17) is 11.6 Å². The lowest BCUT2D eigenvalue weighted by atomic mass is 10.2. The Kier molecular flexibility index (Phi) is 3.62. The van der Waals surface area contributed by atoms with E-state index in [1.807, 2.05) is 12.1 Å². The van der Waals surface area contributed by atoms with Crippen molar-refractivity contribution in [3.05, 3.63) is 59.6 Å². The number of halogens is 1. The summed E-state index contributed by atoms with van der Waals surface area (Å²) in [6.07, 6.45) is 0.139. The molecule has 0 saturated carbocycles. The summed E-state index contributed by atoms with van der Waals surface area (Å²) < 4.78 is 0. The average Bonchev–Trinajstić information content (AvgIpc) is 2.74. The highest BCUT2D eigenvalue weighted by atomic mass is 35.5. The van der Waals surface area contributed by atoms with Crippen molar-refractivity contribution in [2.45, 2.75) is 12.5 Å². The molecule has 5 heteroatoms. The minimum Gasteiger partial charge on any atom is -0.373 e. The van der Waals surface area contributed by atoms with E-state index < -0.39 is 6.04 Å². The van der Waals surface area contributed by atoms with Gasteiger partial charge in [0.1, 0.15) is 6.04 Å². The molecule has 0 aliphatic carbocycles. The molecule has 2 aromatic rings. The highest BCUT2D eigenvalue weighted by molar-refractivity contribution is 6.30. The maximum atomic E-state index is 12.4. The first-order valence-electron chi connectivity index (χ1n) is 6.59. The van der Waals surface area contributed by atoms with Crippen molar-refractivity contribution >= 4 is 34.8 Å². The van der Waals surface area contributed by atoms with E-state index in [1.54, 1.807) is 42.5 Å². The smallest absolute Gasteiger partial charge is 0.256 e. The van der Waals surface area contributed by atoms with E-state index in [2.05, 4.69) is 5.32 Å². The molecule has 1 N–H and O–H groups in total. The van der Waals surface area contributed by atoms with Crippen LogP contribution in [0.4, 0.5) is 11.4 Å². The molecule has 1 aliphatic heterocycles. The van der Waals surface area contributed by atoms with Crippen LogP contribution in [0.15, 0.2) is 54.6 Å². The molecule has 1 fully saturated rings. The van der Waals surface area contributed by atoms with Crippen molar-refractivity contribution in [1.29, 1.82) is 0 Å². The number of hydrogen-bond acceptors (Lipinski definition) is 3. The summed E-state index contributed by atoms with van der Waals surface area (Å²) in [6, 6.07) is 15.5. The molecule has 1 heterocycles. The van der Waals surface area contributed by atoms with Crippen LogP contribution < -0.4 is 10.2 Å². The number of carbonyl (C=O) groups excluding carboxylic acids is 2. The Morgan fingerprint density at radius 1 is 1.05 bits per heavy atom. The van der Waals surface area contributed by atoms with E-state index in [9.17, 15) is 9.59 Å². The van der Waals surface area contributed by atoms with Crippen LogP contribution in [-0.4, -0.2) is 17.9 Å². The van der Waals surface area contributed by atoms with Crippen molar-refractivity contribution < 1.29 is 9.59 Å². The molecular weight excluding hydrogens is 288 g/mol. The number of anilines is 2. The molecule has 21 heavy (non-hydrogen) atoms. The molecule has 0 aromatic heterocycles. The zero-order chi connectivity index (χ0) is 14.8. The standard InChI is InChI=1S/C16H13ClN2O2/c17-11-5-4-6-12(9-11)18-14-10-15(20)19(16(14)21)13-7-2-1-3-8-13/h1-9,14,18H,10H2/t14-/m0/s1. The fraction of sp³-hybridized carbons (Fsp3) is 0.125. The topological polar surface area (TPSA) is 49.4 Å². The van der Waals surface area contributed by atoms with Crippen molar-refractivity contribution in [2.75, 3.05) is 10.2 Å². The molecule has 1 saturated heterocycles. The number of benzene rings is 2. The molecule has 1 aliphatic rings. The second kappa shape index (κ2) is 5.58. The van der Waals surface area contributed by atoms with Crippen LogP contribution in [0.1, 0.15) is 6.42 Å². The van der Waals surface area contributed by atoms with Crippen LogP contribution in [-0.2, 0) is 9.59 Å². The summed E-state index contributed by atoms with van der Waals surface area (Å²) in [7, 11) is 0. The molecule has 4 nitrogen and oxygen atoms in total. The SMILES string of the molecule is O=C1C[C@H](Nc2cccc(Cl)c2)C(=O)N1c1ccccc1. The number of nitrogens with one attached hydrogen (secondary N) is 1. The van der Waals surface area contributed by atoms with E-state index in [0.29, 0.717) is 10.7 Å². The first kappa shape index (κ1) is 13.6. The highest BCUT2D eigenvalue weighted by Gasteiger charge is 2.39. The monoisotopic (exact) mass is 300 g/mol. The summed E-state index contributed by atoms with van der Waals surface area (Å²) in [6.45, 7) is 0. The lowest BCUT2D eigenvalue weighted by Crippen LogP contribution is -2.34. The fourth-order valence-electron chi connectivity index (χ4n) is 2.37. The third kappa shape index (κ3) is 2.76. The lowest BCUT2D eigenvalue weighted by Gasteiger charge is -2.16. The highest BCUT2D eigenvalue weighted by Crippen LogP contribution is 2.25. The maximum absolute atomic E-state index is 12.4. The zero-order valence-electron chi connectivity index (χ0n) is 11.1. The van der Waals surface area contributed by atoms with E-state index in [1.165, 1.54) is 4.90 Å². The number of amides is 2. The predicted octanol–water partition coefficient (Wildman–Crippen LogP) is 3.08. The first-order valence-corrected chi connectivity index (χ1v) is 6.97. The number of nitrogens with zero attached hydrogens (tertiary/aromatic N) is 1. The van der Waals surface area contributed by atoms with Gasteiger partial charge in [0.15, 0.2) is 0 Å². The molecule has 3 rings (SSSR count). The van der Waals surface area contributed by atoms with Gasteiger partial charge in [-0.1, -0.05) is 35.9 Å². The van der Waals surface area contributed by atoms with E-state index in [0.717, 1.165) is 5.69 Å². The van der Waals surface area contributed by atoms with Gasteiger partial charge < -0.3 is 5.32 Å². The van der Waals surface area contributed by atoms with Gasteiger partial charge >= 0.3 is 0 Å². The van der Waals surface area contributed by atoms with Gasteiger partial charge in [-0.2, -0.15) is 0 Å². The van der Waals surface area contributed by atoms with Gasteiger partial charge in [0.2, 0.25) is 5.91 Å². The maximum Gasteiger partial charge on any atom is 0.256 e. The predicted molar refractivity (Wildman–Crippen MR) is 82.4 cm³/mol. The second-order valence-corrected chi connectivity index (χ2v) is 5.25. The Hall–Kier alpha value is -2.33. The molecule has 0 spiro atoms. The number of rotatable bonds is 3. The summed E-state index contributed by atoms with van der Waals surface area (Å²) in [4.78, 5) is 25.7. The summed E-state index contributed by atoms with van der Waals surface area (Å²) in [5.41, 5.74) is 1.33. The Bertz CT molecular complexity index is 688. The van der Waals surface area contributed by atoms with Crippen LogP contribution in [0.2, 0.25) is 5.02 Å². The van der Waals surface area contributed by atoms with E-state index in [-0.39, 0.29) is 18.2 Å². The third-order valence-electron chi connectivity index (χ3n) is 3.33. The fourth-order valence-corrected chi connectivity index (χ4v) is 2.56. The van der Waals surface area contributed by atoms with Crippen LogP contribution in [0.3, 0.4) is 0 Å². The third-order valence-corrected chi connectivity index (χ3v) is 3.56. The van der Waals surface area contributed by atoms with Gasteiger partial charge in [-0.15, -0.1) is 0 Å². The van der Waals surface area contributed by atoms with Crippen LogP contribution in [0, 0.1) is 0 Å². The number of imide groups is 1. The minimum absolute atomic E-state index is 0.139. The van der Waals surface area contributed by atoms with Crippen molar-refractivity contribution in [3.8, 4) is 0 Å². The number of para-hydroxylation sites is 1. The molecule has 0 unspecified atom stereocenters. The van der Waals surface area contributed by atoms with Crippen molar-refractivity contribution in [2.24, 2.45) is 0 Å². The largest absolute Gasteiger partial charge is 0.373 e. The van der Waals surface area contributed by atoms with Gasteiger partial charge in [-0.3, -0.25) is 9.59 Å². The minimum atomic E-state index is -0.559. The van der Waals surface area contributed by atoms with Crippen LogP contribution in [0.5, 0.6) is 0 Å².